The van der Waals surface area contributed by atoms with Crippen molar-refractivity contribution in [2.75, 3.05) is 19.7 Å². The second-order valence-electron chi connectivity index (χ2n) is 1.46. The Labute approximate surface area is 49.9 Å². The zero-order chi connectivity index (χ0) is 6.24. The summed E-state index contributed by atoms with van der Waals surface area (Å²) in [5.74, 6) is 2.43. The third kappa shape index (κ3) is 5.48. The maximum Gasteiger partial charge on any atom is 0.0573 e. The quantitative estimate of drug-likeness (QED) is 0.384. The Morgan fingerprint density at radius 3 is 2.88 bits per heavy atom. The van der Waals surface area contributed by atoms with Crippen molar-refractivity contribution in [3.8, 4) is 12.3 Å². The average Bonchev–Trinajstić information content (AvgIpc) is 1.81. The first kappa shape index (κ1) is 7.48. The summed E-state index contributed by atoms with van der Waals surface area (Å²) < 4.78 is 0. The van der Waals surface area contributed by atoms with Crippen molar-refractivity contribution in [3.63, 3.8) is 0 Å². The van der Waals surface area contributed by atoms with Gasteiger partial charge in [-0.15, -0.1) is 6.42 Å². The standard InChI is InChI=1S/C6H11NO/c1-2-4-7-5-3-6-8/h1,7-8H,3-6H2. The molecule has 0 saturated carbocycles. The molecule has 46 valence electrons. The highest BCUT2D eigenvalue weighted by Crippen LogP contribution is 1.68. The molecule has 0 spiro atoms. The van der Waals surface area contributed by atoms with E-state index in [1.54, 1.807) is 0 Å². The van der Waals surface area contributed by atoms with Gasteiger partial charge in [-0.3, -0.25) is 0 Å². The van der Waals surface area contributed by atoms with Crippen LogP contribution in [0.2, 0.25) is 0 Å². The molecule has 0 aromatic rings. The van der Waals surface area contributed by atoms with Gasteiger partial charge in [-0.2, -0.15) is 0 Å². The van der Waals surface area contributed by atoms with Crippen molar-refractivity contribution in [2.45, 2.75) is 6.42 Å². The Hall–Kier alpha value is -0.520. The van der Waals surface area contributed by atoms with Crippen LogP contribution in [0.15, 0.2) is 0 Å². The predicted octanol–water partition coefficient (Wildman–Crippen LogP) is -0.408. The Morgan fingerprint density at radius 2 is 2.38 bits per heavy atom. The van der Waals surface area contributed by atoms with E-state index in [2.05, 4.69) is 11.2 Å². The summed E-state index contributed by atoms with van der Waals surface area (Å²) in [7, 11) is 0. The van der Waals surface area contributed by atoms with Gasteiger partial charge in [0.2, 0.25) is 0 Å². The molecule has 0 saturated heterocycles. The van der Waals surface area contributed by atoms with Crippen molar-refractivity contribution in [1.82, 2.24) is 5.32 Å². The van der Waals surface area contributed by atoms with E-state index in [0.29, 0.717) is 6.54 Å². The molecule has 0 heterocycles. The first-order chi connectivity index (χ1) is 3.91. The fraction of sp³-hybridized carbons (Fsp3) is 0.667. The van der Waals surface area contributed by atoms with E-state index in [-0.39, 0.29) is 6.61 Å². The van der Waals surface area contributed by atoms with E-state index in [0.717, 1.165) is 13.0 Å². The smallest absolute Gasteiger partial charge is 0.0573 e. The lowest BCUT2D eigenvalue weighted by molar-refractivity contribution is 0.287. The summed E-state index contributed by atoms with van der Waals surface area (Å²) in [6.07, 6.45) is 5.72. The summed E-state index contributed by atoms with van der Waals surface area (Å²) in [5, 5.41) is 11.2. The molecular formula is C6H11NO. The fourth-order valence-corrected chi connectivity index (χ4v) is 0.365. The Bertz CT molecular complexity index is 75.1. The van der Waals surface area contributed by atoms with Crippen molar-refractivity contribution in [3.05, 3.63) is 0 Å². The van der Waals surface area contributed by atoms with Crippen LogP contribution in [-0.2, 0) is 0 Å². The Balaban J connectivity index is 2.65. The normalized spacial score (nSPS) is 8.50. The van der Waals surface area contributed by atoms with Crippen LogP contribution in [-0.4, -0.2) is 24.8 Å². The highest BCUT2D eigenvalue weighted by molar-refractivity contribution is 4.86. The zero-order valence-corrected chi connectivity index (χ0v) is 4.85. The molecule has 0 aliphatic rings. The van der Waals surface area contributed by atoms with Crippen LogP contribution in [0.1, 0.15) is 6.42 Å². The fourth-order valence-electron chi connectivity index (χ4n) is 0.365. The van der Waals surface area contributed by atoms with E-state index in [1.165, 1.54) is 0 Å². The molecule has 0 fully saturated rings. The number of aliphatic hydroxyl groups excluding tert-OH is 1. The maximum atomic E-state index is 8.27. The van der Waals surface area contributed by atoms with Gasteiger partial charge in [-0.25, -0.2) is 0 Å². The number of hydrogen-bond donors (Lipinski definition) is 2. The lowest BCUT2D eigenvalue weighted by Crippen LogP contribution is -2.15. The summed E-state index contributed by atoms with van der Waals surface area (Å²) in [5.41, 5.74) is 0. The molecule has 0 aliphatic carbocycles. The lowest BCUT2D eigenvalue weighted by Gasteiger charge is -1.94. The van der Waals surface area contributed by atoms with Crippen LogP contribution < -0.4 is 5.32 Å². The van der Waals surface area contributed by atoms with E-state index in [9.17, 15) is 0 Å². The molecule has 8 heavy (non-hydrogen) atoms. The monoisotopic (exact) mass is 113 g/mol. The molecule has 0 atom stereocenters. The average molecular weight is 113 g/mol. The van der Waals surface area contributed by atoms with Crippen molar-refractivity contribution in [1.29, 1.82) is 0 Å². The van der Waals surface area contributed by atoms with Crippen LogP contribution in [0.4, 0.5) is 0 Å². The van der Waals surface area contributed by atoms with Crippen molar-refractivity contribution in [2.24, 2.45) is 0 Å². The van der Waals surface area contributed by atoms with Gasteiger partial charge in [-0.05, 0) is 13.0 Å². The minimum absolute atomic E-state index is 0.234. The van der Waals surface area contributed by atoms with E-state index in [4.69, 9.17) is 11.5 Å². The molecule has 2 nitrogen and oxygen atoms in total. The third-order valence-electron chi connectivity index (χ3n) is 0.739. The maximum absolute atomic E-state index is 8.27. The number of terminal acetylenes is 1. The zero-order valence-electron chi connectivity index (χ0n) is 4.85. The summed E-state index contributed by atoms with van der Waals surface area (Å²) >= 11 is 0. The molecule has 0 bridgehead atoms. The second-order valence-corrected chi connectivity index (χ2v) is 1.46. The first-order valence-electron chi connectivity index (χ1n) is 2.67. The number of nitrogens with one attached hydrogen (secondary N) is 1. The second kappa shape index (κ2) is 6.48. The van der Waals surface area contributed by atoms with Gasteiger partial charge in [0, 0.05) is 6.61 Å². The van der Waals surface area contributed by atoms with E-state index >= 15 is 0 Å². The lowest BCUT2D eigenvalue weighted by atomic mass is 10.4. The van der Waals surface area contributed by atoms with E-state index < -0.39 is 0 Å². The van der Waals surface area contributed by atoms with Crippen LogP contribution in [0.3, 0.4) is 0 Å². The van der Waals surface area contributed by atoms with Crippen LogP contribution >= 0.6 is 0 Å². The summed E-state index contributed by atoms with van der Waals surface area (Å²) in [6, 6.07) is 0. The van der Waals surface area contributed by atoms with Gasteiger partial charge in [-0.1, -0.05) is 5.92 Å². The Kier molecular flexibility index (Phi) is 6.06. The summed E-state index contributed by atoms with van der Waals surface area (Å²) in [6.45, 7) is 1.64. The predicted molar refractivity (Wildman–Crippen MR) is 33.4 cm³/mol. The molecule has 0 radical (unpaired) electrons. The number of hydrogen-bond acceptors (Lipinski definition) is 2. The van der Waals surface area contributed by atoms with Crippen LogP contribution in [0.5, 0.6) is 0 Å². The molecule has 0 rings (SSSR count). The third-order valence-corrected chi connectivity index (χ3v) is 0.739. The van der Waals surface area contributed by atoms with E-state index in [1.807, 2.05) is 0 Å². The van der Waals surface area contributed by atoms with Gasteiger partial charge in [0.25, 0.3) is 0 Å². The minimum Gasteiger partial charge on any atom is -0.396 e. The highest BCUT2D eigenvalue weighted by atomic mass is 16.3. The molecule has 0 amide bonds. The molecule has 2 heteroatoms. The molecule has 0 aliphatic heterocycles. The molecule has 2 N–H and O–H groups in total. The van der Waals surface area contributed by atoms with Gasteiger partial charge in [0.1, 0.15) is 0 Å². The van der Waals surface area contributed by atoms with Gasteiger partial charge < -0.3 is 10.4 Å². The highest BCUT2D eigenvalue weighted by Gasteiger charge is 1.79. The number of rotatable bonds is 4. The minimum atomic E-state index is 0.234. The number of aliphatic hydroxyl groups is 1. The van der Waals surface area contributed by atoms with Crippen molar-refractivity contribution >= 4 is 0 Å². The van der Waals surface area contributed by atoms with Gasteiger partial charge in [0.15, 0.2) is 0 Å². The molecule has 0 unspecified atom stereocenters. The van der Waals surface area contributed by atoms with Gasteiger partial charge in [0.05, 0.1) is 6.54 Å². The topological polar surface area (TPSA) is 32.3 Å². The molecular weight excluding hydrogens is 102 g/mol. The largest absolute Gasteiger partial charge is 0.396 e. The van der Waals surface area contributed by atoms with Crippen LogP contribution in [0.25, 0.3) is 0 Å². The van der Waals surface area contributed by atoms with Gasteiger partial charge >= 0.3 is 0 Å². The SMILES string of the molecule is C#CCNCCCO. The van der Waals surface area contributed by atoms with Crippen LogP contribution in [0, 0.1) is 12.3 Å². The first-order valence-corrected chi connectivity index (χ1v) is 2.67. The Morgan fingerprint density at radius 1 is 1.62 bits per heavy atom. The molecule has 0 aromatic heterocycles. The molecule has 0 aromatic carbocycles. The van der Waals surface area contributed by atoms with Crippen molar-refractivity contribution < 1.29 is 5.11 Å². The summed E-state index contributed by atoms with van der Waals surface area (Å²) in [4.78, 5) is 0.